The number of fused-ring (bicyclic) bond motifs is 2. The molecule has 1 saturated heterocycles. The Morgan fingerprint density at radius 2 is 1.94 bits per heavy atom. The number of hydrogen-bond acceptors (Lipinski definition) is 3. The number of hydrogen-bond donors (Lipinski definition) is 1. The highest BCUT2D eigenvalue weighted by Gasteiger charge is 2.32. The average Bonchev–Trinajstić information content (AvgIpc) is 3.23. The molecule has 0 aliphatic carbocycles. The van der Waals surface area contributed by atoms with Crippen molar-refractivity contribution in [2.24, 2.45) is 0 Å². The molecule has 6 nitrogen and oxygen atoms in total. The lowest BCUT2D eigenvalue weighted by Gasteiger charge is -2.36. The molecule has 2 amide bonds. The number of aromatic nitrogens is 2. The van der Waals surface area contributed by atoms with Crippen molar-refractivity contribution in [1.29, 1.82) is 0 Å². The molecule has 2 aromatic carbocycles. The van der Waals surface area contributed by atoms with Gasteiger partial charge in [0, 0.05) is 32.1 Å². The Morgan fingerprint density at radius 1 is 1.13 bits per heavy atom. The molecule has 3 heterocycles. The number of likely N-dealkylation sites (tertiary alicyclic amines) is 1. The zero-order chi connectivity index (χ0) is 21.4. The van der Waals surface area contributed by atoms with Gasteiger partial charge in [0.15, 0.2) is 0 Å². The third-order valence-electron chi connectivity index (χ3n) is 6.41. The van der Waals surface area contributed by atoms with Gasteiger partial charge in [0.1, 0.15) is 5.82 Å². The van der Waals surface area contributed by atoms with E-state index in [9.17, 15) is 9.59 Å². The van der Waals surface area contributed by atoms with Gasteiger partial charge in [-0.2, -0.15) is 0 Å². The minimum absolute atomic E-state index is 0.0534. The predicted octanol–water partition coefficient (Wildman–Crippen LogP) is 4.23. The minimum atomic E-state index is -0.266. The van der Waals surface area contributed by atoms with Crippen molar-refractivity contribution in [3.63, 3.8) is 0 Å². The number of nitrogens with zero attached hydrogens (tertiary/aromatic N) is 3. The van der Waals surface area contributed by atoms with Crippen LogP contribution in [0.25, 0.3) is 17.1 Å². The molecule has 0 radical (unpaired) electrons. The molecule has 5 rings (SSSR count). The van der Waals surface area contributed by atoms with E-state index in [0.29, 0.717) is 6.54 Å². The number of piperidine rings is 1. The minimum Gasteiger partial charge on any atom is -0.342 e. The molecule has 6 heteroatoms. The van der Waals surface area contributed by atoms with Crippen LogP contribution in [-0.4, -0.2) is 44.7 Å². The zero-order valence-electron chi connectivity index (χ0n) is 17.6. The molecule has 1 aromatic heterocycles. The highest BCUT2D eigenvalue weighted by Crippen LogP contribution is 2.34. The SMILES string of the molecule is CC(=O)N1C=Cc2ccccc2[C@H]1CC(=O)N1CCC[C@@H](c2nc3ccccc3[nH]2)C1. The Morgan fingerprint density at radius 3 is 2.77 bits per heavy atom. The quantitative estimate of drug-likeness (QED) is 0.697. The van der Waals surface area contributed by atoms with Crippen LogP contribution in [0.4, 0.5) is 0 Å². The molecule has 2 atom stereocenters. The lowest BCUT2D eigenvalue weighted by Crippen LogP contribution is -2.42. The summed E-state index contributed by atoms with van der Waals surface area (Å²) in [7, 11) is 0. The van der Waals surface area contributed by atoms with E-state index in [0.717, 1.165) is 47.4 Å². The summed E-state index contributed by atoms with van der Waals surface area (Å²) >= 11 is 0. The van der Waals surface area contributed by atoms with Gasteiger partial charge in [-0.05, 0) is 42.2 Å². The van der Waals surface area contributed by atoms with Gasteiger partial charge in [-0.3, -0.25) is 9.59 Å². The number of H-pyrrole nitrogens is 1. The largest absolute Gasteiger partial charge is 0.342 e. The highest BCUT2D eigenvalue weighted by molar-refractivity contribution is 5.82. The molecule has 0 spiro atoms. The van der Waals surface area contributed by atoms with Crippen molar-refractivity contribution in [1.82, 2.24) is 19.8 Å². The van der Waals surface area contributed by atoms with Crippen LogP contribution in [0.1, 0.15) is 55.1 Å². The van der Waals surface area contributed by atoms with E-state index in [1.165, 1.54) is 0 Å². The summed E-state index contributed by atoms with van der Waals surface area (Å²) in [6.07, 6.45) is 5.99. The number of aromatic amines is 1. The van der Waals surface area contributed by atoms with Gasteiger partial charge in [0.25, 0.3) is 0 Å². The van der Waals surface area contributed by atoms with Crippen LogP contribution in [0, 0.1) is 0 Å². The Hall–Kier alpha value is -3.41. The molecule has 1 N–H and O–H groups in total. The Balaban J connectivity index is 1.34. The molecule has 31 heavy (non-hydrogen) atoms. The van der Waals surface area contributed by atoms with Gasteiger partial charge in [0.2, 0.25) is 11.8 Å². The third-order valence-corrected chi connectivity index (χ3v) is 6.41. The lowest BCUT2D eigenvalue weighted by atomic mass is 9.92. The highest BCUT2D eigenvalue weighted by atomic mass is 16.2. The summed E-state index contributed by atoms with van der Waals surface area (Å²) in [6.45, 7) is 2.96. The maximum absolute atomic E-state index is 13.3. The van der Waals surface area contributed by atoms with Crippen LogP contribution in [0.2, 0.25) is 0 Å². The first-order chi connectivity index (χ1) is 15.1. The first kappa shape index (κ1) is 19.5. The topological polar surface area (TPSA) is 69.3 Å². The molecular weight excluding hydrogens is 388 g/mol. The molecule has 158 valence electrons. The first-order valence-corrected chi connectivity index (χ1v) is 10.9. The second kappa shape index (κ2) is 8.02. The van der Waals surface area contributed by atoms with Gasteiger partial charge in [-0.15, -0.1) is 0 Å². The average molecular weight is 415 g/mol. The monoisotopic (exact) mass is 414 g/mol. The van der Waals surface area contributed by atoms with Gasteiger partial charge >= 0.3 is 0 Å². The number of imidazole rings is 1. The predicted molar refractivity (Wildman–Crippen MR) is 120 cm³/mol. The molecule has 0 saturated carbocycles. The van der Waals surface area contributed by atoms with Gasteiger partial charge in [0.05, 0.1) is 23.5 Å². The third kappa shape index (κ3) is 3.74. The van der Waals surface area contributed by atoms with Crippen LogP contribution in [0.5, 0.6) is 0 Å². The standard InChI is InChI=1S/C25H26N4O2/c1-17(30)29-14-12-18-7-2-3-9-20(18)23(29)15-24(31)28-13-6-8-19(16-28)25-26-21-10-4-5-11-22(21)27-25/h2-5,7,9-12,14,19,23H,6,8,13,15-16H2,1H3,(H,26,27)/t19-,23-/m1/s1. The van der Waals surface area contributed by atoms with Crippen molar-refractivity contribution in [3.8, 4) is 0 Å². The zero-order valence-corrected chi connectivity index (χ0v) is 17.6. The molecule has 2 aliphatic heterocycles. The van der Waals surface area contributed by atoms with Gasteiger partial charge in [-0.1, -0.05) is 36.4 Å². The molecule has 2 aliphatic rings. The second-order valence-corrected chi connectivity index (χ2v) is 8.41. The Kier molecular flexibility index (Phi) is 5.06. The smallest absolute Gasteiger partial charge is 0.225 e. The molecule has 3 aromatic rings. The van der Waals surface area contributed by atoms with Crippen molar-refractivity contribution in [2.75, 3.05) is 13.1 Å². The normalized spacial score (nSPS) is 20.7. The van der Waals surface area contributed by atoms with Crippen LogP contribution in [0.15, 0.2) is 54.7 Å². The summed E-state index contributed by atoms with van der Waals surface area (Å²) < 4.78 is 0. The van der Waals surface area contributed by atoms with Crippen LogP contribution in [0.3, 0.4) is 0 Å². The summed E-state index contributed by atoms with van der Waals surface area (Å²) in [5, 5.41) is 0. The fourth-order valence-electron chi connectivity index (χ4n) is 4.80. The molecule has 1 fully saturated rings. The van der Waals surface area contributed by atoms with E-state index in [4.69, 9.17) is 4.98 Å². The van der Waals surface area contributed by atoms with Crippen molar-refractivity contribution in [2.45, 2.75) is 38.1 Å². The molecular formula is C25H26N4O2. The van der Waals surface area contributed by atoms with Crippen molar-refractivity contribution >= 4 is 28.9 Å². The van der Waals surface area contributed by atoms with Gasteiger partial charge < -0.3 is 14.8 Å². The van der Waals surface area contributed by atoms with Crippen molar-refractivity contribution < 1.29 is 9.59 Å². The van der Waals surface area contributed by atoms with Gasteiger partial charge in [-0.25, -0.2) is 4.98 Å². The number of carbonyl (C=O) groups excluding carboxylic acids is 2. The van der Waals surface area contributed by atoms with E-state index in [2.05, 4.69) is 4.98 Å². The molecule has 0 unspecified atom stereocenters. The van der Waals surface area contributed by atoms with E-state index < -0.39 is 0 Å². The van der Waals surface area contributed by atoms with Crippen LogP contribution < -0.4 is 0 Å². The summed E-state index contributed by atoms with van der Waals surface area (Å²) in [5.41, 5.74) is 4.09. The Bertz CT molecular complexity index is 1130. The van der Waals surface area contributed by atoms with E-state index in [1.807, 2.05) is 59.5 Å². The number of para-hydroxylation sites is 2. The lowest BCUT2D eigenvalue weighted by molar-refractivity contribution is -0.135. The summed E-state index contributed by atoms with van der Waals surface area (Å²) in [5.74, 6) is 1.19. The van der Waals surface area contributed by atoms with Crippen LogP contribution in [-0.2, 0) is 9.59 Å². The number of amides is 2. The van der Waals surface area contributed by atoms with E-state index >= 15 is 0 Å². The van der Waals surface area contributed by atoms with E-state index in [-0.39, 0.29) is 30.2 Å². The fourth-order valence-corrected chi connectivity index (χ4v) is 4.80. The molecule has 0 bridgehead atoms. The number of rotatable bonds is 3. The first-order valence-electron chi connectivity index (χ1n) is 10.9. The summed E-state index contributed by atoms with van der Waals surface area (Å²) in [6, 6.07) is 15.7. The van der Waals surface area contributed by atoms with Crippen LogP contribution >= 0.6 is 0 Å². The fraction of sp³-hybridized carbons (Fsp3) is 0.320. The maximum atomic E-state index is 13.3. The second-order valence-electron chi connectivity index (χ2n) is 8.41. The van der Waals surface area contributed by atoms with Crippen molar-refractivity contribution in [3.05, 3.63) is 71.7 Å². The maximum Gasteiger partial charge on any atom is 0.225 e. The number of carbonyl (C=O) groups is 2. The van der Waals surface area contributed by atoms with E-state index in [1.54, 1.807) is 18.0 Å². The Labute approximate surface area is 181 Å². The number of benzene rings is 2. The summed E-state index contributed by atoms with van der Waals surface area (Å²) in [4.78, 5) is 37.4. The number of nitrogens with one attached hydrogen (secondary N) is 1.